The van der Waals surface area contributed by atoms with Crippen LogP contribution < -0.4 is 4.74 Å². The fourth-order valence-electron chi connectivity index (χ4n) is 3.13. The minimum absolute atomic E-state index is 0.0176. The highest BCUT2D eigenvalue weighted by Gasteiger charge is 2.27. The molecule has 0 atom stereocenters. The predicted molar refractivity (Wildman–Crippen MR) is 105 cm³/mol. The maximum Gasteiger partial charge on any atom is 0.290 e. The Morgan fingerprint density at radius 1 is 1.14 bits per heavy atom. The lowest BCUT2D eigenvalue weighted by Crippen LogP contribution is -2.51. The van der Waals surface area contributed by atoms with Crippen molar-refractivity contribution in [1.82, 2.24) is 14.8 Å². The molecular weight excluding hydrogens is 400 g/mol. The van der Waals surface area contributed by atoms with E-state index in [1.807, 2.05) is 24.3 Å². The van der Waals surface area contributed by atoms with Gasteiger partial charge in [0.2, 0.25) is 5.91 Å². The van der Waals surface area contributed by atoms with Gasteiger partial charge in [-0.1, -0.05) is 12.1 Å². The molecule has 1 aromatic heterocycles. The van der Waals surface area contributed by atoms with Crippen LogP contribution in [0.5, 0.6) is 5.75 Å². The van der Waals surface area contributed by atoms with Gasteiger partial charge in [0.15, 0.2) is 0 Å². The summed E-state index contributed by atoms with van der Waals surface area (Å²) in [4.78, 5) is 32.5. The highest BCUT2D eigenvalue weighted by atomic mass is 32.2. The van der Waals surface area contributed by atoms with Crippen molar-refractivity contribution in [2.24, 2.45) is 0 Å². The summed E-state index contributed by atoms with van der Waals surface area (Å²) in [6, 6.07) is 10.4. The quantitative estimate of drug-likeness (QED) is 0.671. The second-order valence-corrected chi connectivity index (χ2v) is 7.41. The molecule has 29 heavy (non-hydrogen) atoms. The Kier molecular flexibility index (Phi) is 7.03. The average molecular weight is 421 g/mol. The minimum atomic E-state index is -2.65. The lowest BCUT2D eigenvalue weighted by molar-refractivity contribution is -0.131. The topological polar surface area (TPSA) is 62.7 Å². The van der Waals surface area contributed by atoms with E-state index in [0.717, 1.165) is 5.56 Å². The van der Waals surface area contributed by atoms with Crippen LogP contribution in [0.25, 0.3) is 0 Å². The molecule has 1 aromatic carbocycles. The van der Waals surface area contributed by atoms with Crippen molar-refractivity contribution in [2.75, 3.05) is 33.3 Å². The van der Waals surface area contributed by atoms with Crippen molar-refractivity contribution in [3.8, 4) is 5.75 Å². The Hall–Kier alpha value is -2.68. The van der Waals surface area contributed by atoms with Gasteiger partial charge in [-0.2, -0.15) is 8.78 Å². The molecule has 0 bridgehead atoms. The van der Waals surface area contributed by atoms with E-state index < -0.39 is 5.76 Å². The number of aromatic nitrogens is 1. The zero-order valence-corrected chi connectivity index (χ0v) is 16.7. The predicted octanol–water partition coefficient (Wildman–Crippen LogP) is 2.93. The fraction of sp³-hybridized carbons (Fsp3) is 0.350. The summed E-state index contributed by atoms with van der Waals surface area (Å²) in [6.07, 6.45) is 1.64. The molecule has 0 spiro atoms. The van der Waals surface area contributed by atoms with E-state index >= 15 is 0 Å². The highest BCUT2D eigenvalue weighted by Crippen LogP contribution is 2.27. The Bertz CT molecular complexity index is 874. The third kappa shape index (κ3) is 5.44. The van der Waals surface area contributed by atoms with E-state index in [9.17, 15) is 18.4 Å². The van der Waals surface area contributed by atoms with Crippen LogP contribution in [0, 0.1) is 0 Å². The summed E-state index contributed by atoms with van der Waals surface area (Å²) in [6.45, 7) is 1.48. The summed E-state index contributed by atoms with van der Waals surface area (Å²) >= 11 is 0.260. The molecule has 2 aromatic rings. The second-order valence-electron chi connectivity index (χ2n) is 6.44. The van der Waals surface area contributed by atoms with Gasteiger partial charge < -0.3 is 14.5 Å². The van der Waals surface area contributed by atoms with E-state index in [4.69, 9.17) is 4.74 Å². The first-order valence-corrected chi connectivity index (χ1v) is 9.95. The van der Waals surface area contributed by atoms with E-state index in [0.29, 0.717) is 31.9 Å². The van der Waals surface area contributed by atoms with Gasteiger partial charge in [0.25, 0.3) is 11.7 Å². The molecule has 0 saturated carbocycles. The van der Waals surface area contributed by atoms with Crippen LogP contribution in [-0.4, -0.2) is 65.6 Å². The number of hydrogen-bond donors (Lipinski definition) is 0. The summed E-state index contributed by atoms with van der Waals surface area (Å²) in [7, 11) is 1.57. The number of amides is 2. The normalized spacial score (nSPS) is 14.2. The van der Waals surface area contributed by atoms with Gasteiger partial charge in [0.05, 0.1) is 19.1 Å². The van der Waals surface area contributed by atoms with Gasteiger partial charge in [-0.3, -0.25) is 9.59 Å². The number of carbonyl (C=O) groups is 2. The van der Waals surface area contributed by atoms with Gasteiger partial charge in [0, 0.05) is 32.4 Å². The lowest BCUT2D eigenvalue weighted by atomic mass is 10.1. The van der Waals surface area contributed by atoms with Crippen LogP contribution in [0.3, 0.4) is 0 Å². The van der Waals surface area contributed by atoms with Crippen molar-refractivity contribution in [1.29, 1.82) is 0 Å². The molecule has 9 heteroatoms. The summed E-state index contributed by atoms with van der Waals surface area (Å²) in [5.74, 6) is -2.33. The number of rotatable bonds is 6. The number of alkyl halides is 2. The van der Waals surface area contributed by atoms with Crippen LogP contribution in [0.1, 0.15) is 15.9 Å². The minimum Gasteiger partial charge on any atom is -0.497 e. The number of ether oxygens (including phenoxy) is 1. The molecule has 0 unspecified atom stereocenters. The van der Waals surface area contributed by atoms with Crippen molar-refractivity contribution >= 4 is 23.6 Å². The Morgan fingerprint density at radius 3 is 2.55 bits per heavy atom. The van der Waals surface area contributed by atoms with Crippen molar-refractivity contribution in [3.63, 3.8) is 0 Å². The zero-order valence-electron chi connectivity index (χ0n) is 15.9. The molecule has 0 aliphatic carbocycles. The van der Waals surface area contributed by atoms with E-state index in [1.165, 1.54) is 12.3 Å². The SMILES string of the molecule is COc1cccc(CC(=O)N2CCN(C(=O)c3cccnc3SC(F)F)CC2)c1. The molecule has 3 rings (SSSR count). The number of methoxy groups -OCH3 is 1. The average Bonchev–Trinajstić information content (AvgIpc) is 2.73. The number of nitrogens with zero attached hydrogens (tertiary/aromatic N) is 3. The number of piperazine rings is 1. The molecule has 1 aliphatic rings. The molecule has 1 fully saturated rings. The fourth-order valence-corrected chi connectivity index (χ4v) is 3.70. The summed E-state index contributed by atoms with van der Waals surface area (Å²) in [5.41, 5.74) is 1.02. The molecule has 0 N–H and O–H groups in total. The largest absolute Gasteiger partial charge is 0.497 e. The van der Waals surface area contributed by atoms with E-state index in [2.05, 4.69) is 4.98 Å². The highest BCUT2D eigenvalue weighted by molar-refractivity contribution is 7.99. The van der Waals surface area contributed by atoms with Crippen LogP contribution >= 0.6 is 11.8 Å². The molecule has 0 radical (unpaired) electrons. The van der Waals surface area contributed by atoms with Crippen molar-refractivity contribution in [2.45, 2.75) is 17.2 Å². The van der Waals surface area contributed by atoms with Crippen molar-refractivity contribution < 1.29 is 23.1 Å². The number of halogens is 2. The van der Waals surface area contributed by atoms with Gasteiger partial charge in [0.1, 0.15) is 10.8 Å². The Labute approximate surface area is 171 Å². The maximum absolute atomic E-state index is 12.8. The third-order valence-corrected chi connectivity index (χ3v) is 5.34. The first-order valence-electron chi connectivity index (χ1n) is 9.07. The Balaban J connectivity index is 1.59. The number of carbonyl (C=O) groups excluding carboxylic acids is 2. The van der Waals surface area contributed by atoms with Gasteiger partial charge in [-0.05, 0) is 41.6 Å². The van der Waals surface area contributed by atoms with Crippen LogP contribution in [-0.2, 0) is 11.2 Å². The van der Waals surface area contributed by atoms with Crippen LogP contribution in [0.2, 0.25) is 0 Å². The number of thioether (sulfide) groups is 1. The third-order valence-electron chi connectivity index (χ3n) is 4.61. The second kappa shape index (κ2) is 9.69. The smallest absolute Gasteiger partial charge is 0.290 e. The maximum atomic E-state index is 12.8. The number of hydrogen-bond acceptors (Lipinski definition) is 5. The molecule has 6 nitrogen and oxygen atoms in total. The van der Waals surface area contributed by atoms with Crippen LogP contribution in [0.15, 0.2) is 47.6 Å². The number of pyridine rings is 1. The summed E-state index contributed by atoms with van der Waals surface area (Å²) < 4.78 is 30.6. The summed E-state index contributed by atoms with van der Waals surface area (Å²) in [5, 5.41) is 0.0176. The first kappa shape index (κ1) is 21.0. The Morgan fingerprint density at radius 2 is 1.86 bits per heavy atom. The van der Waals surface area contributed by atoms with Crippen LogP contribution in [0.4, 0.5) is 8.78 Å². The monoisotopic (exact) mass is 421 g/mol. The van der Waals surface area contributed by atoms with Gasteiger partial charge in [-0.25, -0.2) is 4.98 Å². The first-order chi connectivity index (χ1) is 14.0. The molecule has 154 valence electrons. The standard InChI is InChI=1S/C20H21F2N3O3S/c1-28-15-5-2-4-14(12-15)13-17(26)24-8-10-25(11-9-24)19(27)16-6-3-7-23-18(16)29-20(21)22/h2-7,12,20H,8-11,13H2,1H3. The molecular formula is C20H21F2N3O3S. The number of benzene rings is 1. The lowest BCUT2D eigenvalue weighted by Gasteiger charge is -2.35. The van der Waals surface area contributed by atoms with Gasteiger partial charge in [-0.15, -0.1) is 0 Å². The molecule has 1 saturated heterocycles. The zero-order chi connectivity index (χ0) is 20.8. The van der Waals surface area contributed by atoms with Crippen molar-refractivity contribution in [3.05, 3.63) is 53.7 Å². The molecule has 2 amide bonds. The molecule has 2 heterocycles. The van der Waals surface area contributed by atoms with E-state index in [-0.39, 0.29) is 40.6 Å². The van der Waals surface area contributed by atoms with Gasteiger partial charge >= 0.3 is 0 Å². The molecule has 1 aliphatic heterocycles. The van der Waals surface area contributed by atoms with E-state index in [1.54, 1.807) is 23.0 Å².